The lowest BCUT2D eigenvalue weighted by Gasteiger charge is -2.52. The number of anilines is 1. The first-order valence-corrected chi connectivity index (χ1v) is 10.9. The van der Waals surface area contributed by atoms with Crippen LogP contribution < -0.4 is 10.2 Å². The predicted molar refractivity (Wildman–Crippen MR) is 118 cm³/mol. The molecule has 2 aliphatic rings. The van der Waals surface area contributed by atoms with E-state index in [9.17, 15) is 5.11 Å². The number of alkyl halides is 1. The van der Waals surface area contributed by atoms with Gasteiger partial charge in [0, 0.05) is 31.2 Å². The van der Waals surface area contributed by atoms with E-state index in [-0.39, 0.29) is 11.8 Å². The lowest BCUT2D eigenvalue weighted by Crippen LogP contribution is -2.68. The molecule has 2 aliphatic heterocycles. The normalized spacial score (nSPS) is 27.3. The van der Waals surface area contributed by atoms with Gasteiger partial charge < -0.3 is 15.3 Å². The Morgan fingerprint density at radius 3 is 2.78 bits per heavy atom. The van der Waals surface area contributed by atoms with E-state index in [1.54, 1.807) is 42.5 Å². The fourth-order valence-corrected chi connectivity index (χ4v) is 4.97. The largest absolute Gasteiger partial charge is 0.507 e. The summed E-state index contributed by atoms with van der Waals surface area (Å²) in [5.74, 6) is 1.34. The van der Waals surface area contributed by atoms with Crippen LogP contribution in [0.1, 0.15) is 32.6 Å². The molecule has 0 radical (unpaired) electrons. The lowest BCUT2D eigenvalue weighted by atomic mass is 9.73. The monoisotopic (exact) mass is 438 g/mol. The number of phenolic OH excluding ortho intramolecular Hbond substituents is 1. The quantitative estimate of drug-likeness (QED) is 0.640. The summed E-state index contributed by atoms with van der Waals surface area (Å²) in [6.45, 7) is 1.98. The highest BCUT2D eigenvalue weighted by Crippen LogP contribution is 2.38. The third-order valence-corrected chi connectivity index (χ3v) is 6.76. The molecule has 32 heavy (non-hydrogen) atoms. The third-order valence-electron chi connectivity index (χ3n) is 6.76. The van der Waals surface area contributed by atoms with E-state index in [2.05, 4.69) is 30.6 Å². The van der Waals surface area contributed by atoms with Gasteiger partial charge in [0.1, 0.15) is 18.2 Å². The minimum atomic E-state index is -1.01. The van der Waals surface area contributed by atoms with Crippen LogP contribution in [-0.2, 0) is 7.05 Å². The number of nitrogens with one attached hydrogen (secondary N) is 1. The topological polar surface area (TPSA) is 105 Å². The minimum Gasteiger partial charge on any atom is -0.507 e. The summed E-state index contributed by atoms with van der Waals surface area (Å²) in [4.78, 5) is 10.4. The second kappa shape index (κ2) is 7.77. The molecule has 0 aliphatic carbocycles. The molecule has 2 aromatic heterocycles. The summed E-state index contributed by atoms with van der Waals surface area (Å²) in [7, 11) is 3.63. The number of hydrogen-bond acceptors (Lipinski definition) is 8. The van der Waals surface area contributed by atoms with Crippen molar-refractivity contribution < 1.29 is 9.50 Å². The maximum Gasteiger partial charge on any atom is 0.185 e. The molecule has 10 heteroatoms. The molecule has 168 valence electrons. The van der Waals surface area contributed by atoms with Crippen LogP contribution in [-0.4, -0.2) is 65.9 Å². The highest BCUT2D eigenvalue weighted by molar-refractivity contribution is 5.70. The van der Waals surface area contributed by atoms with Gasteiger partial charge >= 0.3 is 0 Å². The summed E-state index contributed by atoms with van der Waals surface area (Å²) >= 11 is 0. The number of phenols is 1. The number of fused-ring (bicyclic) bond motifs is 2. The van der Waals surface area contributed by atoms with Crippen molar-refractivity contribution in [2.45, 2.75) is 56.4 Å². The molecule has 4 atom stereocenters. The van der Waals surface area contributed by atoms with Crippen molar-refractivity contribution in [2.24, 2.45) is 7.05 Å². The molecule has 0 spiro atoms. The van der Waals surface area contributed by atoms with Crippen LogP contribution in [0.25, 0.3) is 22.8 Å². The maximum absolute atomic E-state index is 15.4. The first-order chi connectivity index (χ1) is 15.3. The third kappa shape index (κ3) is 3.58. The lowest BCUT2D eigenvalue weighted by molar-refractivity contribution is 0.0405. The van der Waals surface area contributed by atoms with Crippen molar-refractivity contribution in [3.63, 3.8) is 0 Å². The van der Waals surface area contributed by atoms with E-state index in [0.29, 0.717) is 34.6 Å². The Morgan fingerprint density at radius 1 is 1.25 bits per heavy atom. The fraction of sp³-hybridized carbons (Fsp3) is 0.500. The summed E-state index contributed by atoms with van der Waals surface area (Å²) in [6, 6.07) is 5.13. The summed E-state index contributed by atoms with van der Waals surface area (Å²) < 4.78 is 17.0. The predicted octanol–water partition coefficient (Wildman–Crippen LogP) is 2.49. The maximum atomic E-state index is 15.4. The molecule has 2 N–H and O–H groups in total. The van der Waals surface area contributed by atoms with Gasteiger partial charge in [-0.1, -0.05) is 6.07 Å². The Balaban J connectivity index is 1.36. The second-order valence-corrected chi connectivity index (χ2v) is 9.08. The highest BCUT2D eigenvalue weighted by Gasteiger charge is 2.49. The molecule has 2 fully saturated rings. The van der Waals surface area contributed by atoms with Gasteiger partial charge in [0.2, 0.25) is 0 Å². The number of hydrogen-bond donors (Lipinski definition) is 2. The van der Waals surface area contributed by atoms with Gasteiger partial charge in [-0.05, 0) is 44.7 Å². The van der Waals surface area contributed by atoms with E-state index < -0.39 is 11.7 Å². The molecule has 9 nitrogen and oxygen atoms in total. The smallest absolute Gasteiger partial charge is 0.185 e. The van der Waals surface area contributed by atoms with Crippen LogP contribution in [0.3, 0.4) is 0 Å². The average Bonchev–Trinajstić information content (AvgIpc) is 3.22. The van der Waals surface area contributed by atoms with E-state index in [1.165, 1.54) is 0 Å². The molecule has 5 rings (SSSR count). The SMILES string of the molecule is CN(c1cnc(-c2ccc(-c3ncn(C)n3)cc2O)nn1)[C@@H]1C[C@@H]2CCC[C@](C)(N2)[C@@H]1F. The Hall–Kier alpha value is -3.14. The summed E-state index contributed by atoms with van der Waals surface area (Å²) in [6.07, 6.45) is 5.85. The van der Waals surface area contributed by atoms with Crippen LogP contribution in [0.5, 0.6) is 5.75 Å². The number of halogens is 1. The van der Waals surface area contributed by atoms with E-state index in [4.69, 9.17) is 0 Å². The van der Waals surface area contributed by atoms with E-state index in [0.717, 1.165) is 25.7 Å². The van der Waals surface area contributed by atoms with Gasteiger partial charge in [-0.3, -0.25) is 4.68 Å². The van der Waals surface area contributed by atoms with Crippen LogP contribution in [0.2, 0.25) is 0 Å². The zero-order valence-electron chi connectivity index (χ0n) is 18.4. The van der Waals surface area contributed by atoms with Crippen LogP contribution >= 0.6 is 0 Å². The van der Waals surface area contributed by atoms with Crippen LogP contribution in [0.4, 0.5) is 10.2 Å². The van der Waals surface area contributed by atoms with Crippen molar-refractivity contribution >= 4 is 5.82 Å². The summed E-state index contributed by atoms with van der Waals surface area (Å²) in [5, 5.41) is 26.7. The highest BCUT2D eigenvalue weighted by atomic mass is 19.1. The molecule has 0 unspecified atom stereocenters. The molecule has 2 saturated heterocycles. The molecular formula is C22H27FN8O. The number of aryl methyl sites for hydroxylation is 1. The van der Waals surface area contributed by atoms with Gasteiger partial charge in [-0.25, -0.2) is 14.4 Å². The van der Waals surface area contributed by atoms with Gasteiger partial charge in [-0.2, -0.15) is 5.10 Å². The van der Waals surface area contributed by atoms with Gasteiger partial charge in [0.25, 0.3) is 0 Å². The van der Waals surface area contributed by atoms with Gasteiger partial charge in [0.05, 0.1) is 17.8 Å². The molecule has 2 bridgehead atoms. The summed E-state index contributed by atoms with van der Waals surface area (Å²) in [5.41, 5.74) is 0.644. The first-order valence-electron chi connectivity index (χ1n) is 10.9. The van der Waals surface area contributed by atoms with Gasteiger partial charge in [0.15, 0.2) is 17.5 Å². The molecule has 0 amide bonds. The molecule has 0 saturated carbocycles. The number of nitrogens with zero attached hydrogens (tertiary/aromatic N) is 7. The Morgan fingerprint density at radius 2 is 2.09 bits per heavy atom. The zero-order chi connectivity index (χ0) is 22.5. The zero-order valence-corrected chi connectivity index (χ0v) is 18.4. The molecule has 4 heterocycles. The fourth-order valence-electron chi connectivity index (χ4n) is 4.97. The van der Waals surface area contributed by atoms with E-state index >= 15 is 4.39 Å². The minimum absolute atomic E-state index is 0.0146. The standard InChI is InChI=1S/C22H27FN8O/c1-22-8-4-5-14(26-22)10-16(19(22)23)31(3)18-11-24-21(28-27-18)15-7-6-13(9-17(15)32)20-25-12-30(2)29-20/h6-7,9,11-12,14,16,19,26,32H,4-5,8,10H2,1-3H3/t14-,16+,19+,22-/m0/s1. The Kier molecular flexibility index (Phi) is 5.04. The van der Waals surface area contributed by atoms with Crippen molar-refractivity contribution in [1.82, 2.24) is 35.3 Å². The Bertz CT molecular complexity index is 1120. The average molecular weight is 439 g/mol. The van der Waals surface area contributed by atoms with Crippen molar-refractivity contribution in [3.05, 3.63) is 30.7 Å². The Labute approximate surface area is 185 Å². The molecular weight excluding hydrogens is 411 g/mol. The second-order valence-electron chi connectivity index (χ2n) is 9.08. The van der Waals surface area contributed by atoms with Crippen molar-refractivity contribution in [2.75, 3.05) is 11.9 Å². The van der Waals surface area contributed by atoms with E-state index in [1.807, 2.05) is 18.9 Å². The number of aromatic nitrogens is 6. The number of piperidine rings is 2. The van der Waals surface area contributed by atoms with Crippen molar-refractivity contribution in [1.29, 1.82) is 0 Å². The van der Waals surface area contributed by atoms with Gasteiger partial charge in [-0.15, -0.1) is 10.2 Å². The van der Waals surface area contributed by atoms with Crippen molar-refractivity contribution in [3.8, 4) is 28.5 Å². The first kappa shape index (κ1) is 20.7. The van der Waals surface area contributed by atoms with Crippen LogP contribution in [0.15, 0.2) is 30.7 Å². The molecule has 3 aromatic rings. The number of benzene rings is 1. The number of rotatable bonds is 4. The molecule has 1 aromatic carbocycles. The van der Waals surface area contributed by atoms with Crippen LogP contribution in [0, 0.1) is 0 Å². The number of aromatic hydroxyl groups is 1.